The second-order valence-corrected chi connectivity index (χ2v) is 17.6. The summed E-state index contributed by atoms with van der Waals surface area (Å²) in [7, 11) is 0. The van der Waals surface area contributed by atoms with E-state index >= 15 is 0 Å². The van der Waals surface area contributed by atoms with Crippen molar-refractivity contribution in [1.82, 2.24) is 0 Å². The van der Waals surface area contributed by atoms with E-state index in [1.807, 2.05) is 0 Å². The van der Waals surface area contributed by atoms with E-state index in [9.17, 15) is 0 Å². The van der Waals surface area contributed by atoms with Crippen LogP contribution in [0.25, 0.3) is 76.2 Å². The molecule has 4 nitrogen and oxygen atoms in total. The number of fused-ring (bicyclic) bond motifs is 6. The molecule has 4 heteroatoms. The van der Waals surface area contributed by atoms with Crippen molar-refractivity contribution in [3.05, 3.63) is 191 Å². The quantitative estimate of drug-likeness (QED) is 0.143. The van der Waals surface area contributed by atoms with Gasteiger partial charge in [0.05, 0.1) is 22.7 Å². The fourth-order valence-electron chi connectivity index (χ4n) is 10.3. The monoisotopic (exact) mass is 828 g/mol. The molecule has 0 aliphatic carbocycles. The number of aryl methyl sites for hydroxylation is 6. The predicted octanol–water partition coefficient (Wildman–Crippen LogP) is 17.7. The van der Waals surface area contributed by atoms with Crippen LogP contribution in [0.4, 0.5) is 34.1 Å². The van der Waals surface area contributed by atoms with Gasteiger partial charge in [-0.25, -0.2) is 0 Å². The Bertz CT molecular complexity index is 3580. The maximum Gasteiger partial charge on any atom is 0.159 e. The van der Waals surface area contributed by atoms with Crippen LogP contribution in [0, 0.1) is 27.7 Å². The van der Waals surface area contributed by atoms with E-state index in [0.29, 0.717) is 0 Å². The predicted molar refractivity (Wildman–Crippen MR) is 272 cm³/mol. The van der Waals surface area contributed by atoms with Crippen LogP contribution < -0.4 is 9.80 Å². The van der Waals surface area contributed by atoms with Crippen molar-refractivity contribution in [2.24, 2.45) is 0 Å². The van der Waals surface area contributed by atoms with Crippen molar-refractivity contribution >= 4 is 110 Å². The van der Waals surface area contributed by atoms with Gasteiger partial charge >= 0.3 is 0 Å². The van der Waals surface area contributed by atoms with Crippen LogP contribution in [-0.2, 0) is 12.8 Å². The van der Waals surface area contributed by atoms with Gasteiger partial charge in [0.2, 0.25) is 0 Å². The smallest absolute Gasteiger partial charge is 0.159 e. The first-order chi connectivity index (χ1) is 31.3. The molecule has 0 saturated heterocycles. The highest BCUT2D eigenvalue weighted by atomic mass is 16.3. The molecule has 10 aromatic carbocycles. The molecule has 0 N–H and O–H groups in total. The van der Waals surface area contributed by atoms with E-state index in [1.54, 1.807) is 0 Å². The number of anilines is 6. The van der Waals surface area contributed by atoms with Gasteiger partial charge in [-0.05, 0) is 144 Å². The zero-order valence-electron chi connectivity index (χ0n) is 37.1. The van der Waals surface area contributed by atoms with Gasteiger partial charge in [-0.1, -0.05) is 123 Å². The summed E-state index contributed by atoms with van der Waals surface area (Å²) in [5.74, 6) is 0. The van der Waals surface area contributed by atoms with Crippen molar-refractivity contribution in [3.8, 4) is 0 Å². The van der Waals surface area contributed by atoms with Crippen LogP contribution in [0.2, 0.25) is 0 Å². The second kappa shape index (κ2) is 14.5. The van der Waals surface area contributed by atoms with Crippen molar-refractivity contribution < 1.29 is 8.83 Å². The van der Waals surface area contributed by atoms with Gasteiger partial charge in [0.15, 0.2) is 11.2 Å². The lowest BCUT2D eigenvalue weighted by Crippen LogP contribution is -2.12. The van der Waals surface area contributed by atoms with E-state index in [-0.39, 0.29) is 0 Å². The normalized spacial score (nSPS) is 12.0. The molecule has 0 aliphatic heterocycles. The summed E-state index contributed by atoms with van der Waals surface area (Å²) in [6.07, 6.45) is 1.80. The Labute approximate surface area is 372 Å². The minimum Gasteiger partial charge on any atom is -0.454 e. The van der Waals surface area contributed by atoms with Crippen LogP contribution in [0.5, 0.6) is 0 Å². The van der Waals surface area contributed by atoms with E-state index in [4.69, 9.17) is 8.83 Å². The topological polar surface area (TPSA) is 32.8 Å². The molecule has 0 spiro atoms. The maximum absolute atomic E-state index is 6.96. The Balaban J connectivity index is 1.14. The van der Waals surface area contributed by atoms with Crippen LogP contribution >= 0.6 is 0 Å². The molecule has 64 heavy (non-hydrogen) atoms. The summed E-state index contributed by atoms with van der Waals surface area (Å²) in [5, 5.41) is 11.8. The molecular weight excluding hydrogens is 781 g/mol. The van der Waals surface area contributed by atoms with Gasteiger partial charge in [0.1, 0.15) is 11.2 Å². The number of benzene rings is 10. The van der Waals surface area contributed by atoms with E-state index in [1.165, 1.54) is 65.7 Å². The number of nitrogens with zero attached hydrogens (tertiary/aromatic N) is 2. The standard InChI is InChI=1S/C60H48N2O2/c1-7-39-13-9-15-45-47-17-11-19-53(59(47)63-57(39)45)61(43-27-21-35(3)37(5)33-43)51-31-25-41-24-30-50-52(32-26-42-23-29-49(51)55(41)56(42)50)62(44-28-22-36(4)38(6)34-44)54-20-12-18-48-46-16-10-14-40(8-2)58(46)64-60(48)54/h9-34H,7-8H2,1-6H3. The lowest BCUT2D eigenvalue weighted by atomic mass is 9.91. The number of hydrogen-bond acceptors (Lipinski definition) is 4. The fraction of sp³-hybridized carbons (Fsp3) is 0.133. The molecule has 0 radical (unpaired) electrons. The van der Waals surface area contributed by atoms with Crippen molar-refractivity contribution in [2.75, 3.05) is 9.80 Å². The summed E-state index contributed by atoms with van der Waals surface area (Å²) in [6, 6.07) is 58.3. The largest absolute Gasteiger partial charge is 0.454 e. The number of rotatable bonds is 8. The van der Waals surface area contributed by atoms with Crippen molar-refractivity contribution in [3.63, 3.8) is 0 Å². The molecular formula is C60H48N2O2. The maximum atomic E-state index is 6.96. The number of para-hydroxylation sites is 4. The Morgan fingerprint density at radius 1 is 0.344 bits per heavy atom. The lowest BCUT2D eigenvalue weighted by Gasteiger charge is -2.29. The zero-order valence-corrected chi connectivity index (χ0v) is 37.1. The Kier molecular flexibility index (Phi) is 8.64. The molecule has 0 bridgehead atoms. The van der Waals surface area contributed by atoms with Gasteiger partial charge in [-0.15, -0.1) is 0 Å². The van der Waals surface area contributed by atoms with Crippen molar-refractivity contribution in [2.45, 2.75) is 54.4 Å². The SMILES string of the molecule is CCc1cccc2c1oc1c(N(c3ccc(C)c(C)c3)c3ccc4ccc5c(N(c6ccc(C)c(C)c6)c6cccc7c6oc6c(CC)cccc67)ccc6ccc3c4c65)cccc12. The molecule has 0 aliphatic rings. The zero-order chi connectivity index (χ0) is 43.4. The Morgan fingerprint density at radius 2 is 0.734 bits per heavy atom. The second-order valence-electron chi connectivity index (χ2n) is 17.6. The van der Waals surface area contributed by atoms with E-state index in [2.05, 4.69) is 209 Å². The summed E-state index contributed by atoms with van der Waals surface area (Å²) < 4.78 is 13.9. The molecule has 12 rings (SSSR count). The fourth-order valence-corrected chi connectivity index (χ4v) is 10.3. The third-order valence-electron chi connectivity index (χ3n) is 14.0. The van der Waals surface area contributed by atoms with E-state index in [0.717, 1.165) is 90.8 Å². The molecule has 12 aromatic rings. The third kappa shape index (κ3) is 5.61. The van der Waals surface area contributed by atoms with Crippen molar-refractivity contribution in [1.29, 1.82) is 0 Å². The molecule has 0 fully saturated rings. The average molecular weight is 829 g/mol. The summed E-state index contributed by atoms with van der Waals surface area (Å²) >= 11 is 0. The third-order valence-corrected chi connectivity index (χ3v) is 14.0. The average Bonchev–Trinajstić information content (AvgIpc) is 3.91. The summed E-state index contributed by atoms with van der Waals surface area (Å²) in [6.45, 7) is 13.2. The Morgan fingerprint density at radius 3 is 1.14 bits per heavy atom. The first-order valence-electron chi connectivity index (χ1n) is 22.6. The molecule has 2 heterocycles. The number of furan rings is 2. The first kappa shape index (κ1) is 38.1. The molecule has 2 aromatic heterocycles. The minimum absolute atomic E-state index is 0.888. The molecule has 0 amide bonds. The molecule has 0 unspecified atom stereocenters. The molecule has 0 saturated carbocycles. The van der Waals surface area contributed by atoms with E-state index < -0.39 is 0 Å². The van der Waals surface area contributed by atoms with Gasteiger partial charge in [0, 0.05) is 43.7 Å². The lowest BCUT2D eigenvalue weighted by molar-refractivity contribution is 0.663. The summed E-state index contributed by atoms with van der Waals surface area (Å²) in [5.41, 5.74) is 17.6. The van der Waals surface area contributed by atoms with Crippen LogP contribution in [0.3, 0.4) is 0 Å². The highest BCUT2D eigenvalue weighted by Crippen LogP contribution is 2.51. The molecule has 0 atom stereocenters. The van der Waals surface area contributed by atoms with Gasteiger partial charge < -0.3 is 18.6 Å². The first-order valence-corrected chi connectivity index (χ1v) is 22.6. The van der Waals surface area contributed by atoms with Crippen LogP contribution in [0.1, 0.15) is 47.2 Å². The highest BCUT2D eigenvalue weighted by molar-refractivity contribution is 6.29. The number of hydrogen-bond donors (Lipinski definition) is 0. The van der Waals surface area contributed by atoms with Crippen LogP contribution in [-0.4, -0.2) is 0 Å². The minimum atomic E-state index is 0.888. The highest BCUT2D eigenvalue weighted by Gasteiger charge is 2.26. The Hall–Kier alpha value is -7.56. The van der Waals surface area contributed by atoms with Crippen LogP contribution in [0.15, 0.2) is 167 Å². The summed E-state index contributed by atoms with van der Waals surface area (Å²) in [4.78, 5) is 4.84. The van der Waals surface area contributed by atoms with Gasteiger partial charge in [-0.2, -0.15) is 0 Å². The van der Waals surface area contributed by atoms with Gasteiger partial charge in [-0.3, -0.25) is 0 Å². The van der Waals surface area contributed by atoms with Gasteiger partial charge in [0.25, 0.3) is 0 Å². The molecule has 310 valence electrons.